The van der Waals surface area contributed by atoms with Crippen molar-refractivity contribution in [1.82, 2.24) is 10.5 Å². The maximum atomic E-state index is 12.6. The highest BCUT2D eigenvalue weighted by Gasteiger charge is 2.38. The third-order valence-corrected chi connectivity index (χ3v) is 4.87. The van der Waals surface area contributed by atoms with Crippen LogP contribution in [0.5, 0.6) is 0 Å². The lowest BCUT2D eigenvalue weighted by Crippen LogP contribution is -2.29. The lowest BCUT2D eigenvalue weighted by atomic mass is 10.1. The maximum Gasteiger partial charge on any atom is 0.267 e. The minimum absolute atomic E-state index is 0.136. The molecule has 3 heterocycles. The van der Waals surface area contributed by atoms with Crippen molar-refractivity contribution in [3.63, 3.8) is 0 Å². The second kappa shape index (κ2) is 6.23. The summed E-state index contributed by atoms with van der Waals surface area (Å²) in [4.78, 5) is 39.5. The van der Waals surface area contributed by atoms with Crippen LogP contribution in [-0.2, 0) is 6.54 Å². The molecule has 0 spiro atoms. The molecule has 8 heteroatoms. The van der Waals surface area contributed by atoms with Crippen LogP contribution in [-0.4, -0.2) is 22.9 Å². The van der Waals surface area contributed by atoms with Crippen molar-refractivity contribution < 1.29 is 18.9 Å². The largest absolute Gasteiger partial charge is 0.360 e. The summed E-state index contributed by atoms with van der Waals surface area (Å²) in [7, 11) is 0. The average molecular weight is 367 g/mol. The van der Waals surface area contributed by atoms with Crippen LogP contribution >= 0.6 is 11.3 Å². The predicted molar refractivity (Wildman–Crippen MR) is 94.3 cm³/mol. The van der Waals surface area contributed by atoms with E-state index in [4.69, 9.17) is 4.52 Å². The van der Waals surface area contributed by atoms with Crippen LogP contribution in [0.3, 0.4) is 0 Å². The zero-order valence-electron chi connectivity index (χ0n) is 13.7. The Hall–Kier alpha value is -3.26. The summed E-state index contributed by atoms with van der Waals surface area (Å²) in [6.45, 7) is 2.08. The number of rotatable bonds is 4. The number of anilines is 1. The van der Waals surface area contributed by atoms with Gasteiger partial charge in [-0.3, -0.25) is 14.4 Å². The van der Waals surface area contributed by atoms with Crippen LogP contribution in [0.2, 0.25) is 0 Å². The van der Waals surface area contributed by atoms with Gasteiger partial charge in [-0.25, -0.2) is 4.90 Å². The number of aromatic nitrogens is 1. The molecule has 26 heavy (non-hydrogen) atoms. The molecule has 0 bridgehead atoms. The van der Waals surface area contributed by atoms with E-state index in [-0.39, 0.29) is 22.9 Å². The van der Waals surface area contributed by atoms with Crippen molar-refractivity contribution in [3.05, 3.63) is 69.1 Å². The lowest BCUT2D eigenvalue weighted by molar-refractivity contribution is 0.0921. The number of benzene rings is 1. The van der Waals surface area contributed by atoms with E-state index in [1.54, 1.807) is 18.3 Å². The number of hydrogen-bond acceptors (Lipinski definition) is 6. The van der Waals surface area contributed by atoms with Crippen molar-refractivity contribution in [2.24, 2.45) is 0 Å². The molecule has 0 unspecified atom stereocenters. The number of imide groups is 1. The van der Waals surface area contributed by atoms with Crippen LogP contribution in [0.25, 0.3) is 0 Å². The summed E-state index contributed by atoms with van der Waals surface area (Å²) in [6, 6.07) is 9.80. The highest BCUT2D eigenvalue weighted by molar-refractivity contribution is 7.09. The summed E-state index contributed by atoms with van der Waals surface area (Å²) in [5.74, 6) is -0.685. The standard InChI is InChI=1S/C18H13N3O4S/c1-10-7-15(20-25-10)21-17(23)13-5-4-11(8-14(13)18(21)24)16(22)19-9-12-3-2-6-26-12/h2-8H,9H2,1H3,(H,19,22). The average Bonchev–Trinajstić information content (AvgIpc) is 3.35. The van der Waals surface area contributed by atoms with Crippen LogP contribution in [0, 0.1) is 6.92 Å². The third kappa shape index (κ3) is 2.70. The maximum absolute atomic E-state index is 12.6. The molecule has 0 saturated carbocycles. The van der Waals surface area contributed by atoms with E-state index in [0.29, 0.717) is 17.9 Å². The van der Waals surface area contributed by atoms with E-state index in [2.05, 4.69) is 10.5 Å². The van der Waals surface area contributed by atoms with Gasteiger partial charge in [0.15, 0.2) is 5.82 Å². The van der Waals surface area contributed by atoms with Gasteiger partial charge in [0.05, 0.1) is 17.7 Å². The quantitative estimate of drug-likeness (QED) is 0.716. The number of aryl methyl sites for hydroxylation is 1. The Morgan fingerprint density at radius 3 is 2.69 bits per heavy atom. The smallest absolute Gasteiger partial charge is 0.267 e. The molecule has 3 aromatic rings. The van der Waals surface area contributed by atoms with Gasteiger partial charge in [0.25, 0.3) is 17.7 Å². The van der Waals surface area contributed by atoms with Gasteiger partial charge in [-0.15, -0.1) is 11.3 Å². The van der Waals surface area contributed by atoms with Crippen molar-refractivity contribution >= 4 is 34.9 Å². The van der Waals surface area contributed by atoms with E-state index in [1.165, 1.54) is 24.3 Å². The number of hydrogen-bond donors (Lipinski definition) is 1. The van der Waals surface area contributed by atoms with Crippen LogP contribution in [0.4, 0.5) is 5.82 Å². The first-order valence-electron chi connectivity index (χ1n) is 7.81. The van der Waals surface area contributed by atoms with Gasteiger partial charge >= 0.3 is 0 Å². The van der Waals surface area contributed by atoms with Crippen molar-refractivity contribution in [2.45, 2.75) is 13.5 Å². The van der Waals surface area contributed by atoms with Crippen molar-refractivity contribution in [3.8, 4) is 0 Å². The summed E-state index contributed by atoms with van der Waals surface area (Å²) in [6.07, 6.45) is 0. The molecule has 1 aliphatic rings. The highest BCUT2D eigenvalue weighted by Crippen LogP contribution is 2.28. The number of thiophene rings is 1. The molecule has 1 aliphatic heterocycles. The molecule has 0 fully saturated rings. The van der Waals surface area contributed by atoms with Gasteiger partial charge in [0.2, 0.25) is 0 Å². The Kier molecular flexibility index (Phi) is 3.89. The SMILES string of the molecule is Cc1cc(N2C(=O)c3ccc(C(=O)NCc4cccs4)cc3C2=O)no1. The first-order valence-corrected chi connectivity index (χ1v) is 8.69. The Balaban J connectivity index is 1.58. The summed E-state index contributed by atoms with van der Waals surface area (Å²) in [5, 5.41) is 8.46. The van der Waals surface area contributed by atoms with Gasteiger partial charge in [0, 0.05) is 16.5 Å². The second-order valence-electron chi connectivity index (χ2n) is 5.76. The lowest BCUT2D eigenvalue weighted by Gasteiger charge is -2.07. The number of carbonyl (C=O) groups excluding carboxylic acids is 3. The number of carbonyl (C=O) groups is 3. The zero-order chi connectivity index (χ0) is 18.3. The van der Waals surface area contributed by atoms with Gasteiger partial charge in [-0.2, -0.15) is 0 Å². The van der Waals surface area contributed by atoms with Gasteiger partial charge in [0.1, 0.15) is 5.76 Å². The van der Waals surface area contributed by atoms with E-state index < -0.39 is 11.8 Å². The van der Waals surface area contributed by atoms with E-state index >= 15 is 0 Å². The number of nitrogens with zero attached hydrogens (tertiary/aromatic N) is 2. The van der Waals surface area contributed by atoms with Gasteiger partial charge in [-0.05, 0) is 36.6 Å². The topological polar surface area (TPSA) is 92.5 Å². The molecule has 7 nitrogen and oxygen atoms in total. The van der Waals surface area contributed by atoms with Crippen LogP contribution < -0.4 is 10.2 Å². The molecule has 0 radical (unpaired) electrons. The van der Waals surface area contributed by atoms with E-state index in [0.717, 1.165) is 9.78 Å². The molecule has 130 valence electrons. The first-order chi connectivity index (χ1) is 12.5. The molecule has 0 saturated heterocycles. The zero-order valence-corrected chi connectivity index (χ0v) is 14.5. The molecular formula is C18H13N3O4S. The van der Waals surface area contributed by atoms with Crippen molar-refractivity contribution in [2.75, 3.05) is 4.90 Å². The molecule has 0 aliphatic carbocycles. The van der Waals surface area contributed by atoms with Crippen LogP contribution in [0.15, 0.2) is 46.3 Å². The minimum atomic E-state index is -0.522. The Bertz CT molecular complexity index is 1020. The van der Waals surface area contributed by atoms with E-state index in [9.17, 15) is 14.4 Å². The highest BCUT2D eigenvalue weighted by atomic mass is 32.1. The third-order valence-electron chi connectivity index (χ3n) is 4.00. The monoisotopic (exact) mass is 367 g/mol. The molecule has 2 aromatic heterocycles. The van der Waals surface area contributed by atoms with Gasteiger partial charge < -0.3 is 9.84 Å². The molecule has 1 N–H and O–H groups in total. The fraction of sp³-hybridized carbons (Fsp3) is 0.111. The molecule has 1 aromatic carbocycles. The van der Waals surface area contributed by atoms with Crippen molar-refractivity contribution in [1.29, 1.82) is 0 Å². The first kappa shape index (κ1) is 16.2. The van der Waals surface area contributed by atoms with Crippen LogP contribution in [0.1, 0.15) is 41.7 Å². The summed E-state index contributed by atoms with van der Waals surface area (Å²) < 4.78 is 4.94. The Morgan fingerprint density at radius 2 is 2.00 bits per heavy atom. The molecule has 4 rings (SSSR count). The predicted octanol–water partition coefficient (Wildman–Crippen LogP) is 2.78. The fourth-order valence-electron chi connectivity index (χ4n) is 2.73. The molecular weight excluding hydrogens is 354 g/mol. The summed E-state index contributed by atoms with van der Waals surface area (Å²) in [5.41, 5.74) is 0.740. The van der Waals surface area contributed by atoms with E-state index in [1.807, 2.05) is 17.5 Å². The number of fused-ring (bicyclic) bond motifs is 1. The summed E-state index contributed by atoms with van der Waals surface area (Å²) >= 11 is 1.54. The normalized spacial score (nSPS) is 13.2. The Morgan fingerprint density at radius 1 is 1.19 bits per heavy atom. The van der Waals surface area contributed by atoms with Gasteiger partial charge in [-0.1, -0.05) is 11.2 Å². The second-order valence-corrected chi connectivity index (χ2v) is 6.80. The Labute approximate surface area is 152 Å². The number of amides is 3. The fourth-order valence-corrected chi connectivity index (χ4v) is 3.38. The molecule has 3 amide bonds. The minimum Gasteiger partial charge on any atom is -0.360 e. The molecule has 0 atom stereocenters. The number of nitrogens with one attached hydrogen (secondary N) is 1.